The molecular formula is C18H27NO. The molecule has 20 heavy (non-hydrogen) atoms. The van der Waals surface area contributed by atoms with E-state index < -0.39 is 0 Å². The molecule has 1 atom stereocenters. The molecule has 110 valence electrons. The quantitative estimate of drug-likeness (QED) is 0.887. The lowest BCUT2D eigenvalue weighted by atomic mass is 9.83. The van der Waals surface area contributed by atoms with Gasteiger partial charge in [0, 0.05) is 6.04 Å². The van der Waals surface area contributed by atoms with Gasteiger partial charge < -0.3 is 10.1 Å². The molecule has 1 unspecified atom stereocenters. The molecule has 3 rings (SSSR count). The van der Waals surface area contributed by atoms with Gasteiger partial charge in [-0.15, -0.1) is 0 Å². The van der Waals surface area contributed by atoms with Crippen molar-refractivity contribution in [1.29, 1.82) is 0 Å². The first-order chi connectivity index (χ1) is 9.86. The lowest BCUT2D eigenvalue weighted by Crippen LogP contribution is -2.39. The van der Waals surface area contributed by atoms with E-state index in [9.17, 15) is 0 Å². The smallest absolute Gasteiger partial charge is 0.0721 e. The molecule has 0 aromatic heterocycles. The van der Waals surface area contributed by atoms with Crippen molar-refractivity contribution in [2.45, 2.75) is 64.1 Å². The van der Waals surface area contributed by atoms with Gasteiger partial charge in [-0.2, -0.15) is 0 Å². The standard InChI is InChI=1S/C18H27NO/c1-2-5-14-8-10-16(11-9-14)19-18-13-20-12-15-6-3-4-7-17(15)18/h3-4,6-7,14,16,18-19H,2,5,8-13H2,1H3. The number of ether oxygens (including phenoxy) is 1. The molecule has 1 saturated carbocycles. The van der Waals surface area contributed by atoms with E-state index in [1.54, 1.807) is 0 Å². The molecule has 1 N–H and O–H groups in total. The van der Waals surface area contributed by atoms with E-state index in [2.05, 4.69) is 36.5 Å². The zero-order valence-electron chi connectivity index (χ0n) is 12.6. The van der Waals surface area contributed by atoms with E-state index in [-0.39, 0.29) is 0 Å². The van der Waals surface area contributed by atoms with Crippen molar-refractivity contribution < 1.29 is 4.74 Å². The van der Waals surface area contributed by atoms with Crippen LogP contribution in [0.4, 0.5) is 0 Å². The third kappa shape index (κ3) is 3.24. The molecule has 1 heterocycles. The molecular weight excluding hydrogens is 246 g/mol. The molecule has 1 aliphatic heterocycles. The summed E-state index contributed by atoms with van der Waals surface area (Å²) >= 11 is 0. The molecule has 1 aromatic carbocycles. The van der Waals surface area contributed by atoms with Crippen LogP contribution in [0, 0.1) is 5.92 Å². The summed E-state index contributed by atoms with van der Waals surface area (Å²) in [6, 6.07) is 9.80. The van der Waals surface area contributed by atoms with Crippen molar-refractivity contribution in [3.8, 4) is 0 Å². The van der Waals surface area contributed by atoms with Crippen LogP contribution in [0.1, 0.15) is 62.6 Å². The van der Waals surface area contributed by atoms with Gasteiger partial charge in [0.1, 0.15) is 0 Å². The summed E-state index contributed by atoms with van der Waals surface area (Å²) in [6.07, 6.45) is 8.24. The van der Waals surface area contributed by atoms with E-state index in [4.69, 9.17) is 4.74 Å². The fourth-order valence-electron chi connectivity index (χ4n) is 3.83. The predicted molar refractivity (Wildman–Crippen MR) is 82.6 cm³/mol. The Morgan fingerprint density at radius 1 is 1.15 bits per heavy atom. The van der Waals surface area contributed by atoms with Crippen molar-refractivity contribution in [3.05, 3.63) is 35.4 Å². The predicted octanol–water partition coefficient (Wildman–Crippen LogP) is 4.21. The summed E-state index contributed by atoms with van der Waals surface area (Å²) in [4.78, 5) is 0. The molecule has 0 spiro atoms. The third-order valence-electron chi connectivity index (χ3n) is 4.95. The highest BCUT2D eigenvalue weighted by Gasteiger charge is 2.26. The fraction of sp³-hybridized carbons (Fsp3) is 0.667. The van der Waals surface area contributed by atoms with Crippen molar-refractivity contribution in [2.75, 3.05) is 6.61 Å². The summed E-state index contributed by atoms with van der Waals surface area (Å²) in [5.74, 6) is 0.980. The maximum atomic E-state index is 5.75. The summed E-state index contributed by atoms with van der Waals surface area (Å²) in [6.45, 7) is 3.91. The van der Waals surface area contributed by atoms with Crippen LogP contribution in [0.25, 0.3) is 0 Å². The Labute approximate surface area is 122 Å². The largest absolute Gasteiger partial charge is 0.375 e. The molecule has 2 heteroatoms. The lowest BCUT2D eigenvalue weighted by molar-refractivity contribution is 0.0751. The molecule has 1 aromatic rings. The number of rotatable bonds is 4. The SMILES string of the molecule is CCCC1CCC(NC2COCc3ccccc32)CC1. The van der Waals surface area contributed by atoms with Crippen LogP contribution in [0.5, 0.6) is 0 Å². The van der Waals surface area contributed by atoms with Crippen LogP contribution >= 0.6 is 0 Å². The van der Waals surface area contributed by atoms with Gasteiger partial charge in [0.15, 0.2) is 0 Å². The van der Waals surface area contributed by atoms with Crippen molar-refractivity contribution in [2.24, 2.45) is 5.92 Å². The van der Waals surface area contributed by atoms with E-state index in [1.807, 2.05) is 0 Å². The molecule has 1 fully saturated rings. The van der Waals surface area contributed by atoms with Crippen molar-refractivity contribution in [3.63, 3.8) is 0 Å². The Hall–Kier alpha value is -0.860. The molecule has 0 amide bonds. The molecule has 2 nitrogen and oxygen atoms in total. The topological polar surface area (TPSA) is 21.3 Å². The summed E-state index contributed by atoms with van der Waals surface area (Å²) in [7, 11) is 0. The van der Waals surface area contributed by atoms with E-state index in [1.165, 1.54) is 49.7 Å². The Bertz CT molecular complexity index is 423. The molecule has 1 aliphatic carbocycles. The average Bonchev–Trinajstić information content (AvgIpc) is 2.50. The Balaban J connectivity index is 1.57. The molecule has 0 saturated heterocycles. The number of nitrogens with one attached hydrogen (secondary N) is 1. The maximum absolute atomic E-state index is 5.75. The first-order valence-electron chi connectivity index (χ1n) is 8.28. The maximum Gasteiger partial charge on any atom is 0.0721 e. The first kappa shape index (κ1) is 14.1. The second kappa shape index (κ2) is 6.73. The van der Waals surface area contributed by atoms with E-state index in [0.29, 0.717) is 12.1 Å². The minimum Gasteiger partial charge on any atom is -0.375 e. The lowest BCUT2D eigenvalue weighted by Gasteiger charge is -2.34. The molecule has 0 bridgehead atoms. The van der Waals surface area contributed by atoms with Crippen molar-refractivity contribution >= 4 is 0 Å². The third-order valence-corrected chi connectivity index (χ3v) is 4.95. The highest BCUT2D eigenvalue weighted by Crippen LogP contribution is 2.31. The Morgan fingerprint density at radius 3 is 2.75 bits per heavy atom. The van der Waals surface area contributed by atoms with Gasteiger partial charge in [-0.05, 0) is 42.7 Å². The zero-order chi connectivity index (χ0) is 13.8. The second-order valence-electron chi connectivity index (χ2n) is 6.44. The zero-order valence-corrected chi connectivity index (χ0v) is 12.6. The highest BCUT2D eigenvalue weighted by atomic mass is 16.5. The number of hydrogen-bond acceptors (Lipinski definition) is 2. The van der Waals surface area contributed by atoms with Gasteiger partial charge in [0.2, 0.25) is 0 Å². The fourth-order valence-corrected chi connectivity index (χ4v) is 3.83. The van der Waals surface area contributed by atoms with Crippen LogP contribution < -0.4 is 5.32 Å². The van der Waals surface area contributed by atoms with Crippen LogP contribution in [0.3, 0.4) is 0 Å². The number of hydrogen-bond donors (Lipinski definition) is 1. The van der Waals surface area contributed by atoms with Crippen LogP contribution in [-0.4, -0.2) is 12.6 Å². The Kier molecular flexibility index (Phi) is 4.74. The van der Waals surface area contributed by atoms with Crippen LogP contribution in [0.15, 0.2) is 24.3 Å². The monoisotopic (exact) mass is 273 g/mol. The van der Waals surface area contributed by atoms with E-state index >= 15 is 0 Å². The molecule has 2 aliphatic rings. The van der Waals surface area contributed by atoms with Crippen LogP contribution in [0.2, 0.25) is 0 Å². The van der Waals surface area contributed by atoms with Crippen molar-refractivity contribution in [1.82, 2.24) is 5.32 Å². The average molecular weight is 273 g/mol. The second-order valence-corrected chi connectivity index (χ2v) is 6.44. The molecule has 0 radical (unpaired) electrons. The minimum atomic E-state index is 0.396. The summed E-state index contributed by atoms with van der Waals surface area (Å²) in [5, 5.41) is 3.85. The van der Waals surface area contributed by atoms with Gasteiger partial charge in [0.25, 0.3) is 0 Å². The van der Waals surface area contributed by atoms with Gasteiger partial charge >= 0.3 is 0 Å². The summed E-state index contributed by atoms with van der Waals surface area (Å²) < 4.78 is 5.75. The number of benzene rings is 1. The van der Waals surface area contributed by atoms with Gasteiger partial charge in [-0.1, -0.05) is 44.0 Å². The van der Waals surface area contributed by atoms with Gasteiger partial charge in [0.05, 0.1) is 19.3 Å². The first-order valence-corrected chi connectivity index (χ1v) is 8.28. The van der Waals surface area contributed by atoms with Gasteiger partial charge in [-0.25, -0.2) is 0 Å². The summed E-state index contributed by atoms with van der Waals surface area (Å²) in [5.41, 5.74) is 2.81. The number of fused-ring (bicyclic) bond motifs is 1. The van der Waals surface area contributed by atoms with Gasteiger partial charge in [-0.3, -0.25) is 0 Å². The van der Waals surface area contributed by atoms with E-state index in [0.717, 1.165) is 19.1 Å². The minimum absolute atomic E-state index is 0.396. The highest BCUT2D eigenvalue weighted by molar-refractivity contribution is 5.31. The normalized spacial score (nSPS) is 29.9. The Morgan fingerprint density at radius 2 is 1.95 bits per heavy atom. The van der Waals surface area contributed by atoms with Crippen LogP contribution in [-0.2, 0) is 11.3 Å².